The fraction of sp³-hybridized carbons (Fsp3) is 0.118. The van der Waals surface area contributed by atoms with Crippen molar-refractivity contribution in [2.45, 2.75) is 13.8 Å². The molecule has 0 heterocycles. The second-order valence-electron chi connectivity index (χ2n) is 5.12. The molecule has 23 heavy (non-hydrogen) atoms. The number of carbonyl (C=O) groups is 2. The van der Waals surface area contributed by atoms with Gasteiger partial charge in [0.25, 0.3) is 0 Å². The lowest BCUT2D eigenvalue weighted by Gasteiger charge is -2.06. The first-order valence-corrected chi connectivity index (χ1v) is 6.96. The van der Waals surface area contributed by atoms with E-state index in [9.17, 15) is 14.7 Å². The first-order chi connectivity index (χ1) is 10.9. The minimum Gasteiger partial charge on any atom is -0.508 e. The number of benzene rings is 2. The second-order valence-corrected chi connectivity index (χ2v) is 5.12. The summed E-state index contributed by atoms with van der Waals surface area (Å²) in [5, 5.41) is 15.5. The number of aryl methyl sites for hydroxylation is 2. The molecule has 2 aromatic carbocycles. The van der Waals surface area contributed by atoms with Gasteiger partial charge < -0.3 is 10.4 Å². The van der Waals surface area contributed by atoms with E-state index in [-0.39, 0.29) is 5.75 Å². The van der Waals surface area contributed by atoms with E-state index in [1.165, 1.54) is 18.3 Å². The summed E-state index contributed by atoms with van der Waals surface area (Å²) < 4.78 is 0. The molecule has 0 atom stereocenters. The van der Waals surface area contributed by atoms with Crippen molar-refractivity contribution in [3.63, 3.8) is 0 Å². The maximum absolute atomic E-state index is 11.8. The van der Waals surface area contributed by atoms with Gasteiger partial charge in [0.2, 0.25) is 0 Å². The van der Waals surface area contributed by atoms with Crippen LogP contribution in [0.15, 0.2) is 47.6 Å². The number of nitrogens with one attached hydrogen (secondary N) is 2. The van der Waals surface area contributed by atoms with Gasteiger partial charge in [-0.3, -0.25) is 9.59 Å². The molecule has 2 amide bonds. The zero-order chi connectivity index (χ0) is 16.8. The van der Waals surface area contributed by atoms with Gasteiger partial charge in [-0.05, 0) is 54.8 Å². The van der Waals surface area contributed by atoms with Crippen molar-refractivity contribution in [2.75, 3.05) is 5.32 Å². The van der Waals surface area contributed by atoms with Crippen LogP contribution < -0.4 is 10.7 Å². The van der Waals surface area contributed by atoms with Crippen molar-refractivity contribution in [1.82, 2.24) is 5.43 Å². The number of amides is 2. The Hall–Kier alpha value is -3.15. The monoisotopic (exact) mass is 311 g/mol. The summed E-state index contributed by atoms with van der Waals surface area (Å²) in [6, 6.07) is 11.9. The predicted octanol–water partition coefficient (Wildman–Crippen LogP) is 2.10. The average molecular weight is 311 g/mol. The molecule has 0 saturated heterocycles. The number of aromatic hydroxyl groups is 1. The summed E-state index contributed by atoms with van der Waals surface area (Å²) in [6.07, 6.45) is 1.34. The number of anilines is 1. The Morgan fingerprint density at radius 3 is 2.39 bits per heavy atom. The smallest absolute Gasteiger partial charge is 0.329 e. The van der Waals surface area contributed by atoms with Crippen molar-refractivity contribution in [2.24, 2.45) is 5.10 Å². The van der Waals surface area contributed by atoms with Crippen LogP contribution in [-0.2, 0) is 9.59 Å². The molecule has 6 heteroatoms. The van der Waals surface area contributed by atoms with E-state index in [4.69, 9.17) is 0 Å². The molecule has 0 aliphatic rings. The van der Waals surface area contributed by atoms with E-state index in [1.807, 2.05) is 19.9 Å². The fourth-order valence-electron chi connectivity index (χ4n) is 2.06. The molecule has 118 valence electrons. The van der Waals surface area contributed by atoms with Gasteiger partial charge >= 0.3 is 11.8 Å². The zero-order valence-corrected chi connectivity index (χ0v) is 12.8. The van der Waals surface area contributed by atoms with Crippen LogP contribution in [0.25, 0.3) is 0 Å². The van der Waals surface area contributed by atoms with Crippen LogP contribution in [0.3, 0.4) is 0 Å². The first kappa shape index (κ1) is 16.2. The van der Waals surface area contributed by atoms with E-state index in [0.29, 0.717) is 11.3 Å². The van der Waals surface area contributed by atoms with Crippen LogP contribution in [0.2, 0.25) is 0 Å². The van der Waals surface area contributed by atoms with E-state index in [0.717, 1.165) is 11.1 Å². The van der Waals surface area contributed by atoms with Crippen molar-refractivity contribution in [1.29, 1.82) is 0 Å². The molecule has 0 fully saturated rings. The Balaban J connectivity index is 1.93. The van der Waals surface area contributed by atoms with Crippen LogP contribution in [0.4, 0.5) is 5.69 Å². The average Bonchev–Trinajstić information content (AvgIpc) is 2.46. The number of carbonyl (C=O) groups excluding carboxylic acids is 2. The lowest BCUT2D eigenvalue weighted by atomic mass is 10.1. The van der Waals surface area contributed by atoms with E-state index in [2.05, 4.69) is 15.8 Å². The standard InChI is InChI=1S/C17H17N3O3/c1-11-6-12(2)8-14(7-11)19-16(22)17(23)20-18-10-13-4-3-5-15(21)9-13/h3-10,21H,1-2H3,(H,19,22)(H,20,23). The Labute approximate surface area is 133 Å². The molecule has 0 aromatic heterocycles. The molecular weight excluding hydrogens is 294 g/mol. The van der Waals surface area contributed by atoms with Crippen LogP contribution >= 0.6 is 0 Å². The predicted molar refractivity (Wildman–Crippen MR) is 88.4 cm³/mol. The third-order valence-corrected chi connectivity index (χ3v) is 2.94. The number of hydrogen-bond acceptors (Lipinski definition) is 4. The van der Waals surface area contributed by atoms with Gasteiger partial charge in [-0.15, -0.1) is 0 Å². The third kappa shape index (κ3) is 4.96. The normalized spacial score (nSPS) is 10.5. The summed E-state index contributed by atoms with van der Waals surface area (Å²) in [7, 11) is 0. The molecule has 2 aromatic rings. The Morgan fingerprint density at radius 1 is 1.04 bits per heavy atom. The van der Waals surface area contributed by atoms with Crippen LogP contribution in [0.1, 0.15) is 16.7 Å². The van der Waals surface area contributed by atoms with Gasteiger partial charge in [0.15, 0.2) is 0 Å². The van der Waals surface area contributed by atoms with Crippen molar-refractivity contribution >= 4 is 23.7 Å². The van der Waals surface area contributed by atoms with E-state index < -0.39 is 11.8 Å². The first-order valence-electron chi connectivity index (χ1n) is 6.96. The van der Waals surface area contributed by atoms with Gasteiger partial charge in [0.05, 0.1) is 6.21 Å². The quantitative estimate of drug-likeness (QED) is 0.460. The Kier molecular flexibility index (Phi) is 5.09. The third-order valence-electron chi connectivity index (χ3n) is 2.94. The van der Waals surface area contributed by atoms with Crippen LogP contribution in [0, 0.1) is 13.8 Å². The van der Waals surface area contributed by atoms with E-state index in [1.54, 1.807) is 24.3 Å². The van der Waals surface area contributed by atoms with Gasteiger partial charge in [-0.2, -0.15) is 5.10 Å². The highest BCUT2D eigenvalue weighted by Gasteiger charge is 2.13. The maximum Gasteiger partial charge on any atom is 0.329 e. The summed E-state index contributed by atoms with van der Waals surface area (Å²) in [4.78, 5) is 23.5. The summed E-state index contributed by atoms with van der Waals surface area (Å²) in [5.74, 6) is -1.59. The van der Waals surface area contributed by atoms with Gasteiger partial charge in [0.1, 0.15) is 5.75 Å². The molecular formula is C17H17N3O3. The topological polar surface area (TPSA) is 90.8 Å². The lowest BCUT2D eigenvalue weighted by molar-refractivity contribution is -0.136. The van der Waals surface area contributed by atoms with Crippen molar-refractivity contribution in [3.8, 4) is 5.75 Å². The molecule has 0 saturated carbocycles. The molecule has 2 rings (SSSR count). The highest BCUT2D eigenvalue weighted by molar-refractivity contribution is 6.39. The number of phenolic OH excluding ortho intramolecular Hbond substituents is 1. The highest BCUT2D eigenvalue weighted by Crippen LogP contribution is 2.13. The van der Waals surface area contributed by atoms with Crippen LogP contribution in [0.5, 0.6) is 5.75 Å². The second kappa shape index (κ2) is 7.22. The number of nitrogens with zero attached hydrogens (tertiary/aromatic N) is 1. The largest absolute Gasteiger partial charge is 0.508 e. The molecule has 0 spiro atoms. The fourth-order valence-corrected chi connectivity index (χ4v) is 2.06. The molecule has 0 unspecified atom stereocenters. The molecule has 0 radical (unpaired) electrons. The molecule has 3 N–H and O–H groups in total. The number of rotatable bonds is 3. The van der Waals surface area contributed by atoms with E-state index >= 15 is 0 Å². The maximum atomic E-state index is 11.8. The molecule has 6 nitrogen and oxygen atoms in total. The zero-order valence-electron chi connectivity index (χ0n) is 12.8. The Morgan fingerprint density at radius 2 is 1.74 bits per heavy atom. The van der Waals surface area contributed by atoms with Gasteiger partial charge in [0, 0.05) is 5.69 Å². The summed E-state index contributed by atoms with van der Waals surface area (Å²) in [6.45, 7) is 3.81. The van der Waals surface area contributed by atoms with Crippen molar-refractivity contribution in [3.05, 3.63) is 59.2 Å². The van der Waals surface area contributed by atoms with Gasteiger partial charge in [-0.25, -0.2) is 5.43 Å². The SMILES string of the molecule is Cc1cc(C)cc(NC(=O)C(=O)NN=Cc2cccc(O)c2)c1. The molecule has 0 aliphatic carbocycles. The molecule has 0 bridgehead atoms. The van der Waals surface area contributed by atoms with Crippen molar-refractivity contribution < 1.29 is 14.7 Å². The summed E-state index contributed by atoms with van der Waals surface area (Å²) in [5.41, 5.74) is 5.27. The number of phenols is 1. The van der Waals surface area contributed by atoms with Crippen LogP contribution in [-0.4, -0.2) is 23.1 Å². The minimum absolute atomic E-state index is 0.0906. The summed E-state index contributed by atoms with van der Waals surface area (Å²) >= 11 is 0. The van der Waals surface area contributed by atoms with Gasteiger partial charge in [-0.1, -0.05) is 18.2 Å². The highest BCUT2D eigenvalue weighted by atomic mass is 16.3. The minimum atomic E-state index is -0.874. The number of hydrogen-bond donors (Lipinski definition) is 3. The number of hydrazone groups is 1. The lowest BCUT2D eigenvalue weighted by Crippen LogP contribution is -2.32. The molecule has 0 aliphatic heterocycles. The Bertz CT molecular complexity index is 749.